The number of nitrogens with one attached hydrogen (secondary N) is 1. The van der Waals surface area contributed by atoms with Gasteiger partial charge in [-0.1, -0.05) is 6.08 Å². The van der Waals surface area contributed by atoms with Gasteiger partial charge < -0.3 is 5.32 Å². The molecular weight excluding hydrogens is 182 g/mol. The third kappa shape index (κ3) is 1.52. The monoisotopic (exact) mass is 193 g/mol. The van der Waals surface area contributed by atoms with Crippen LogP contribution in [0.3, 0.4) is 0 Å². The maximum atomic E-state index is 11.3. The number of rotatable bonds is 1. The van der Waals surface area contributed by atoms with Crippen LogP contribution in [0, 0.1) is 0 Å². The maximum Gasteiger partial charge on any atom is 0.261 e. The van der Waals surface area contributed by atoms with Gasteiger partial charge in [0, 0.05) is 11.9 Å². The van der Waals surface area contributed by atoms with Crippen LogP contribution in [0.2, 0.25) is 0 Å². The fourth-order valence-electron chi connectivity index (χ4n) is 1.44. The van der Waals surface area contributed by atoms with Crippen LogP contribution in [0.1, 0.15) is 26.5 Å². The fraction of sp³-hybridized carbons (Fsp3) is 0.300. The molecule has 2 rings (SSSR count). The van der Waals surface area contributed by atoms with Crippen molar-refractivity contribution in [1.29, 1.82) is 0 Å². The van der Waals surface area contributed by atoms with Gasteiger partial charge in [-0.2, -0.15) is 0 Å². The van der Waals surface area contributed by atoms with E-state index < -0.39 is 0 Å². The van der Waals surface area contributed by atoms with E-state index in [-0.39, 0.29) is 5.91 Å². The van der Waals surface area contributed by atoms with Crippen LogP contribution in [0.15, 0.2) is 12.1 Å². The van der Waals surface area contributed by atoms with E-state index in [1.807, 2.05) is 6.07 Å². The minimum absolute atomic E-state index is 0.0211. The van der Waals surface area contributed by atoms with Gasteiger partial charge in [-0.05, 0) is 30.5 Å². The quantitative estimate of drug-likeness (QED) is 0.726. The summed E-state index contributed by atoms with van der Waals surface area (Å²) in [6.07, 6.45) is 6.43. The lowest BCUT2D eigenvalue weighted by molar-refractivity contribution is 0.0967. The second-order valence-electron chi connectivity index (χ2n) is 3.02. The molecule has 0 atom stereocenters. The SMILES string of the molecule is CNC(=O)c1cc2c(s1)C=CCC2. The molecule has 0 unspecified atom stereocenters. The molecule has 0 aromatic carbocycles. The number of carbonyl (C=O) groups excluding carboxylic acids is 1. The van der Waals surface area contributed by atoms with E-state index in [0.29, 0.717) is 0 Å². The molecule has 0 fully saturated rings. The Labute approximate surface area is 81.3 Å². The van der Waals surface area contributed by atoms with Crippen molar-refractivity contribution >= 4 is 23.3 Å². The van der Waals surface area contributed by atoms with Crippen molar-refractivity contribution < 1.29 is 4.79 Å². The van der Waals surface area contributed by atoms with Crippen molar-refractivity contribution in [3.8, 4) is 0 Å². The predicted octanol–water partition coefficient (Wildman–Crippen LogP) is 2.07. The van der Waals surface area contributed by atoms with Gasteiger partial charge >= 0.3 is 0 Å². The lowest BCUT2D eigenvalue weighted by Crippen LogP contribution is -2.16. The molecule has 13 heavy (non-hydrogen) atoms. The van der Waals surface area contributed by atoms with Crippen LogP contribution < -0.4 is 5.32 Å². The molecule has 0 bridgehead atoms. The van der Waals surface area contributed by atoms with Gasteiger partial charge in [0.1, 0.15) is 0 Å². The Morgan fingerprint density at radius 3 is 3.15 bits per heavy atom. The van der Waals surface area contributed by atoms with Gasteiger partial charge in [0.25, 0.3) is 5.91 Å². The zero-order chi connectivity index (χ0) is 9.26. The van der Waals surface area contributed by atoms with Crippen LogP contribution in [0.4, 0.5) is 0 Å². The molecule has 3 heteroatoms. The molecule has 0 saturated carbocycles. The van der Waals surface area contributed by atoms with Gasteiger partial charge in [-0.3, -0.25) is 4.79 Å². The first-order valence-corrected chi connectivity index (χ1v) is 5.14. The molecule has 0 radical (unpaired) electrons. The van der Waals surface area contributed by atoms with Crippen molar-refractivity contribution in [2.75, 3.05) is 7.05 Å². The Hall–Kier alpha value is -1.09. The molecule has 1 aromatic rings. The summed E-state index contributed by atoms with van der Waals surface area (Å²) < 4.78 is 0. The van der Waals surface area contributed by atoms with Crippen LogP contribution in [0.5, 0.6) is 0 Å². The summed E-state index contributed by atoms with van der Waals surface area (Å²) >= 11 is 1.57. The first-order chi connectivity index (χ1) is 6.31. The van der Waals surface area contributed by atoms with E-state index in [4.69, 9.17) is 0 Å². The molecule has 2 nitrogen and oxygen atoms in total. The van der Waals surface area contributed by atoms with Crippen LogP contribution in [-0.2, 0) is 6.42 Å². The van der Waals surface area contributed by atoms with E-state index >= 15 is 0 Å². The topological polar surface area (TPSA) is 29.1 Å². The van der Waals surface area contributed by atoms with E-state index in [0.717, 1.165) is 17.7 Å². The summed E-state index contributed by atoms with van der Waals surface area (Å²) in [5, 5.41) is 2.64. The summed E-state index contributed by atoms with van der Waals surface area (Å²) in [6.45, 7) is 0. The minimum Gasteiger partial charge on any atom is -0.354 e. The van der Waals surface area contributed by atoms with E-state index in [1.54, 1.807) is 18.4 Å². The molecule has 1 aliphatic rings. The number of amides is 1. The highest BCUT2D eigenvalue weighted by Gasteiger charge is 2.13. The second-order valence-corrected chi connectivity index (χ2v) is 4.10. The van der Waals surface area contributed by atoms with E-state index in [1.165, 1.54) is 10.4 Å². The highest BCUT2D eigenvalue weighted by Crippen LogP contribution is 2.28. The van der Waals surface area contributed by atoms with Crippen LogP contribution >= 0.6 is 11.3 Å². The Morgan fingerprint density at radius 2 is 2.46 bits per heavy atom. The lowest BCUT2D eigenvalue weighted by atomic mass is 10.1. The van der Waals surface area contributed by atoms with Crippen LogP contribution in [-0.4, -0.2) is 13.0 Å². The number of allylic oxidation sites excluding steroid dienone is 1. The molecule has 1 aliphatic carbocycles. The number of thiophene rings is 1. The number of carbonyl (C=O) groups is 1. The third-order valence-electron chi connectivity index (χ3n) is 2.14. The molecule has 1 aromatic heterocycles. The summed E-state index contributed by atoms with van der Waals surface area (Å²) in [4.78, 5) is 13.4. The molecule has 1 N–H and O–H groups in total. The van der Waals surface area contributed by atoms with E-state index in [9.17, 15) is 4.79 Å². The van der Waals surface area contributed by atoms with Gasteiger partial charge in [0.2, 0.25) is 0 Å². The molecule has 1 amide bonds. The number of fused-ring (bicyclic) bond motifs is 1. The fourth-order valence-corrected chi connectivity index (χ4v) is 2.53. The predicted molar refractivity (Wildman–Crippen MR) is 55.1 cm³/mol. The number of hydrogen-bond acceptors (Lipinski definition) is 2. The standard InChI is InChI=1S/C10H11NOS/c1-11-10(12)9-6-7-4-2-3-5-8(7)13-9/h3,5-6H,2,4H2,1H3,(H,11,12). The molecule has 0 saturated heterocycles. The van der Waals surface area contributed by atoms with Gasteiger partial charge in [0.15, 0.2) is 0 Å². The molecule has 0 aliphatic heterocycles. The van der Waals surface area contributed by atoms with Gasteiger partial charge in [-0.25, -0.2) is 0 Å². The summed E-state index contributed by atoms with van der Waals surface area (Å²) in [7, 11) is 1.66. The zero-order valence-electron chi connectivity index (χ0n) is 7.46. The second kappa shape index (κ2) is 3.34. The minimum atomic E-state index is 0.0211. The zero-order valence-corrected chi connectivity index (χ0v) is 8.28. The summed E-state index contributed by atoms with van der Waals surface area (Å²) in [5.41, 5.74) is 1.31. The third-order valence-corrected chi connectivity index (χ3v) is 3.28. The summed E-state index contributed by atoms with van der Waals surface area (Å²) in [5.74, 6) is 0.0211. The van der Waals surface area contributed by atoms with Crippen molar-refractivity contribution in [1.82, 2.24) is 5.32 Å². The first-order valence-electron chi connectivity index (χ1n) is 4.32. The van der Waals surface area contributed by atoms with Crippen LogP contribution in [0.25, 0.3) is 6.08 Å². The van der Waals surface area contributed by atoms with Gasteiger partial charge in [0.05, 0.1) is 4.88 Å². The number of hydrogen-bond donors (Lipinski definition) is 1. The van der Waals surface area contributed by atoms with Crippen molar-refractivity contribution in [3.63, 3.8) is 0 Å². The smallest absolute Gasteiger partial charge is 0.261 e. The average molecular weight is 193 g/mol. The highest BCUT2D eigenvalue weighted by atomic mass is 32.1. The van der Waals surface area contributed by atoms with Crippen molar-refractivity contribution in [2.24, 2.45) is 0 Å². The Kier molecular flexibility index (Phi) is 2.19. The Balaban J connectivity index is 2.36. The highest BCUT2D eigenvalue weighted by molar-refractivity contribution is 7.15. The molecular formula is C10H11NOS. The normalized spacial score (nSPS) is 13.9. The number of aryl methyl sites for hydroxylation is 1. The Bertz CT molecular complexity index is 365. The average Bonchev–Trinajstić information content (AvgIpc) is 2.59. The van der Waals surface area contributed by atoms with E-state index in [2.05, 4.69) is 17.5 Å². The molecule has 68 valence electrons. The summed E-state index contributed by atoms with van der Waals surface area (Å²) in [6, 6.07) is 2.00. The van der Waals surface area contributed by atoms with Crippen molar-refractivity contribution in [3.05, 3.63) is 27.5 Å². The first kappa shape index (κ1) is 8.51. The van der Waals surface area contributed by atoms with Gasteiger partial charge in [-0.15, -0.1) is 11.3 Å². The lowest BCUT2D eigenvalue weighted by Gasteiger charge is -2.01. The molecule has 0 spiro atoms. The van der Waals surface area contributed by atoms with Crippen molar-refractivity contribution in [2.45, 2.75) is 12.8 Å². The Morgan fingerprint density at radius 1 is 1.62 bits per heavy atom. The maximum absolute atomic E-state index is 11.3. The molecule has 1 heterocycles. The largest absolute Gasteiger partial charge is 0.354 e.